The fourth-order valence-corrected chi connectivity index (χ4v) is 2.22. The number of fused-ring (bicyclic) bond motifs is 2. The Hall–Kier alpha value is -2.82. The first-order valence-corrected chi connectivity index (χ1v) is 6.06. The highest BCUT2D eigenvalue weighted by Gasteiger charge is 2.50. The second kappa shape index (κ2) is 4.10. The Balaban J connectivity index is 2.31. The summed E-state index contributed by atoms with van der Waals surface area (Å²) in [7, 11) is 0. The number of allylic oxidation sites excluding steroid dienone is 2. The maximum Gasteiger partial charge on any atom is 0.229 e. The molecule has 0 aromatic carbocycles. The van der Waals surface area contributed by atoms with Crippen LogP contribution in [-0.4, -0.2) is 44.8 Å². The minimum absolute atomic E-state index is 0.336. The molecule has 0 radical (unpaired) electrons. The molecule has 8 N–H and O–H groups in total. The van der Waals surface area contributed by atoms with E-state index in [0.717, 1.165) is 6.08 Å². The van der Waals surface area contributed by atoms with Crippen LogP contribution >= 0.6 is 0 Å². The summed E-state index contributed by atoms with van der Waals surface area (Å²) in [4.78, 5) is 55.7. The summed E-state index contributed by atoms with van der Waals surface area (Å²) in [6, 6.07) is -1.54. The highest BCUT2D eigenvalue weighted by atomic mass is 16.2. The molecule has 1 aromatic heterocycles. The zero-order valence-electron chi connectivity index (χ0n) is 11.0. The molecule has 1 unspecified atom stereocenters. The first kappa shape index (κ1) is 14.1. The summed E-state index contributed by atoms with van der Waals surface area (Å²) >= 11 is 0. The van der Waals surface area contributed by atoms with Crippen molar-refractivity contribution in [2.75, 3.05) is 0 Å². The van der Waals surface area contributed by atoms with Crippen LogP contribution in [0.15, 0.2) is 11.8 Å². The zero-order chi connectivity index (χ0) is 16.4. The van der Waals surface area contributed by atoms with Crippen LogP contribution in [0.4, 0.5) is 0 Å². The highest BCUT2D eigenvalue weighted by Crippen LogP contribution is 2.25. The second-order valence-corrected chi connectivity index (χ2v) is 5.02. The van der Waals surface area contributed by atoms with Crippen molar-refractivity contribution < 1.29 is 19.2 Å². The van der Waals surface area contributed by atoms with Crippen molar-refractivity contribution in [2.24, 2.45) is 22.9 Å². The van der Waals surface area contributed by atoms with Gasteiger partial charge in [-0.1, -0.05) is 0 Å². The van der Waals surface area contributed by atoms with E-state index in [9.17, 15) is 19.2 Å². The molecule has 2 aliphatic carbocycles. The molecule has 0 bridgehead atoms. The molecule has 0 fully saturated rings. The number of carbonyl (C=O) groups excluding carboxylic acids is 4. The molecule has 112 valence electrons. The Morgan fingerprint density at radius 2 is 1.55 bits per heavy atom. The summed E-state index contributed by atoms with van der Waals surface area (Å²) in [6.07, 6.45) is 0.866. The molecule has 10 nitrogen and oxygen atoms in total. The van der Waals surface area contributed by atoms with E-state index in [4.69, 9.17) is 22.9 Å². The number of ketones is 4. The van der Waals surface area contributed by atoms with Gasteiger partial charge in [0.2, 0.25) is 23.1 Å². The third kappa shape index (κ3) is 1.59. The van der Waals surface area contributed by atoms with Crippen molar-refractivity contribution in [3.8, 4) is 0 Å². The summed E-state index contributed by atoms with van der Waals surface area (Å²) in [5.74, 6) is -3.26. The molecule has 0 saturated heterocycles. The lowest BCUT2D eigenvalue weighted by molar-refractivity contribution is 0.0752. The molecule has 0 amide bonds. The molecular formula is C12H10N6O4. The molecule has 0 saturated carbocycles. The van der Waals surface area contributed by atoms with Crippen LogP contribution in [0.25, 0.3) is 0 Å². The highest BCUT2D eigenvalue weighted by molar-refractivity contribution is 6.24. The first-order chi connectivity index (χ1) is 10.2. The van der Waals surface area contributed by atoms with Crippen molar-refractivity contribution in [2.45, 2.75) is 11.7 Å². The van der Waals surface area contributed by atoms with E-state index >= 15 is 0 Å². The third-order valence-electron chi connectivity index (χ3n) is 3.53. The van der Waals surface area contributed by atoms with Crippen molar-refractivity contribution in [1.82, 2.24) is 9.97 Å². The summed E-state index contributed by atoms with van der Waals surface area (Å²) in [5.41, 5.74) is 17.9. The number of nitrogens with zero attached hydrogens (tertiary/aromatic N) is 2. The van der Waals surface area contributed by atoms with Crippen LogP contribution in [0.3, 0.4) is 0 Å². The maximum atomic E-state index is 12.2. The van der Waals surface area contributed by atoms with Crippen LogP contribution in [0.5, 0.6) is 0 Å². The SMILES string of the molecule is NC1=CC(=O)c2nc3c(nc2C1=O)C(=O)C(N)C(N)(N)C3=O. The minimum Gasteiger partial charge on any atom is -0.395 e. The van der Waals surface area contributed by atoms with Crippen molar-refractivity contribution in [3.63, 3.8) is 0 Å². The van der Waals surface area contributed by atoms with E-state index in [1.807, 2.05) is 0 Å². The quantitative estimate of drug-likeness (QED) is 0.358. The molecule has 1 atom stereocenters. The standard InChI is InChI=1S/C12H10N6O4/c13-2-1-3(19)4-5(8(2)20)18-6-7(17-4)11(22)12(15,16)10(14)9(6)21/h1,10H,13-16H2. The molecule has 0 aliphatic heterocycles. The molecule has 2 aliphatic rings. The van der Waals surface area contributed by atoms with Gasteiger partial charge in [0.15, 0.2) is 5.66 Å². The molecule has 3 rings (SSSR count). The Kier molecular flexibility index (Phi) is 2.63. The number of carbonyl (C=O) groups is 4. The van der Waals surface area contributed by atoms with E-state index in [1.165, 1.54) is 0 Å². The van der Waals surface area contributed by atoms with Gasteiger partial charge in [-0.25, -0.2) is 9.97 Å². The summed E-state index contributed by atoms with van der Waals surface area (Å²) in [5, 5.41) is 0. The summed E-state index contributed by atoms with van der Waals surface area (Å²) < 4.78 is 0. The third-order valence-corrected chi connectivity index (χ3v) is 3.53. The van der Waals surface area contributed by atoms with Crippen LogP contribution < -0.4 is 22.9 Å². The topological polar surface area (TPSA) is 198 Å². The van der Waals surface area contributed by atoms with Crippen LogP contribution in [0.2, 0.25) is 0 Å². The average Bonchev–Trinajstić information content (AvgIpc) is 2.48. The predicted molar refractivity (Wildman–Crippen MR) is 70.7 cm³/mol. The van der Waals surface area contributed by atoms with Gasteiger partial charge >= 0.3 is 0 Å². The number of nitrogens with two attached hydrogens (primary N) is 4. The van der Waals surface area contributed by atoms with Gasteiger partial charge < -0.3 is 22.9 Å². The molecule has 0 spiro atoms. The Labute approximate surface area is 122 Å². The molecular weight excluding hydrogens is 292 g/mol. The lowest BCUT2D eigenvalue weighted by Gasteiger charge is -2.32. The second-order valence-electron chi connectivity index (χ2n) is 5.02. The molecule has 10 heteroatoms. The molecule has 22 heavy (non-hydrogen) atoms. The van der Waals surface area contributed by atoms with Crippen LogP contribution in [0.1, 0.15) is 42.0 Å². The number of rotatable bonds is 0. The van der Waals surface area contributed by atoms with E-state index in [2.05, 4.69) is 9.97 Å². The van der Waals surface area contributed by atoms with Gasteiger partial charge in [-0.15, -0.1) is 0 Å². The molecule has 1 heterocycles. The monoisotopic (exact) mass is 302 g/mol. The average molecular weight is 302 g/mol. The fraction of sp³-hybridized carbons (Fsp3) is 0.167. The number of Topliss-reactive ketones (excluding diaryl/α,β-unsaturated/α-hetero) is 3. The molecule has 1 aromatic rings. The smallest absolute Gasteiger partial charge is 0.229 e. The van der Waals surface area contributed by atoms with Gasteiger partial charge in [0.1, 0.15) is 28.8 Å². The fourth-order valence-electron chi connectivity index (χ4n) is 2.22. The van der Waals surface area contributed by atoms with Crippen LogP contribution in [0, 0.1) is 0 Å². The Bertz CT molecular complexity index is 825. The van der Waals surface area contributed by atoms with E-state index < -0.39 is 51.9 Å². The maximum absolute atomic E-state index is 12.2. The largest absolute Gasteiger partial charge is 0.395 e. The lowest BCUT2D eigenvalue weighted by Crippen LogP contribution is -2.72. The number of aromatic nitrogens is 2. The van der Waals surface area contributed by atoms with Gasteiger partial charge in [-0.3, -0.25) is 19.2 Å². The van der Waals surface area contributed by atoms with E-state index in [-0.39, 0.29) is 11.4 Å². The number of hydrogen-bond donors (Lipinski definition) is 4. The Morgan fingerprint density at radius 3 is 2.18 bits per heavy atom. The number of hydrogen-bond acceptors (Lipinski definition) is 10. The van der Waals surface area contributed by atoms with Gasteiger partial charge in [-0.05, 0) is 0 Å². The van der Waals surface area contributed by atoms with E-state index in [0.29, 0.717) is 0 Å². The lowest BCUT2D eigenvalue weighted by atomic mass is 9.83. The Morgan fingerprint density at radius 1 is 0.955 bits per heavy atom. The van der Waals surface area contributed by atoms with Crippen molar-refractivity contribution in [1.29, 1.82) is 0 Å². The minimum atomic E-state index is -2.16. The first-order valence-electron chi connectivity index (χ1n) is 6.06. The van der Waals surface area contributed by atoms with E-state index in [1.54, 1.807) is 0 Å². The predicted octanol–water partition coefficient (Wildman–Crippen LogP) is -2.98. The zero-order valence-corrected chi connectivity index (χ0v) is 11.0. The van der Waals surface area contributed by atoms with Gasteiger partial charge in [0, 0.05) is 6.08 Å². The van der Waals surface area contributed by atoms with Crippen molar-refractivity contribution >= 4 is 23.1 Å². The van der Waals surface area contributed by atoms with Crippen LogP contribution in [-0.2, 0) is 0 Å². The summed E-state index contributed by atoms with van der Waals surface area (Å²) in [6.45, 7) is 0. The van der Waals surface area contributed by atoms with Crippen molar-refractivity contribution in [3.05, 3.63) is 34.5 Å². The van der Waals surface area contributed by atoms with Gasteiger partial charge in [-0.2, -0.15) is 0 Å². The van der Waals surface area contributed by atoms with Gasteiger partial charge in [0.25, 0.3) is 0 Å². The normalized spacial score (nSPS) is 23.0. The van der Waals surface area contributed by atoms with Gasteiger partial charge in [0.05, 0.1) is 5.70 Å².